The fourth-order valence-corrected chi connectivity index (χ4v) is 3.52. The summed E-state index contributed by atoms with van der Waals surface area (Å²) in [6.07, 6.45) is 0.596. The molecule has 0 aliphatic heterocycles. The number of nitrogens with zero attached hydrogens (tertiary/aromatic N) is 4. The van der Waals surface area contributed by atoms with E-state index in [0.717, 1.165) is 16.9 Å². The third-order valence-electron chi connectivity index (χ3n) is 5.42. The molecule has 2 aromatic heterocycles. The summed E-state index contributed by atoms with van der Waals surface area (Å²) in [5.41, 5.74) is 3.63. The van der Waals surface area contributed by atoms with Gasteiger partial charge >= 0.3 is 5.69 Å². The van der Waals surface area contributed by atoms with Crippen LogP contribution >= 0.6 is 0 Å². The number of aliphatic hydroxyl groups excluding tert-OH is 1. The molecule has 0 saturated heterocycles. The largest absolute Gasteiger partial charge is 0.497 e. The maximum atomic E-state index is 12.6. The van der Waals surface area contributed by atoms with Gasteiger partial charge < -0.3 is 19.1 Å². The highest BCUT2D eigenvalue weighted by atomic mass is 16.5. The van der Waals surface area contributed by atoms with Crippen molar-refractivity contribution >= 4 is 23.3 Å². The van der Waals surface area contributed by atoms with Crippen LogP contribution in [0.25, 0.3) is 11.2 Å². The predicted molar refractivity (Wildman–Crippen MR) is 132 cm³/mol. The van der Waals surface area contributed by atoms with Crippen LogP contribution in [0.3, 0.4) is 0 Å². The van der Waals surface area contributed by atoms with Crippen LogP contribution in [0.5, 0.6) is 11.5 Å². The fraction of sp³-hybridized carbons (Fsp3) is 0.250. The number of methoxy groups -OCH3 is 1. The van der Waals surface area contributed by atoms with E-state index in [1.165, 1.54) is 16.2 Å². The quantitative estimate of drug-likeness (QED) is 0.246. The molecule has 0 amide bonds. The number of imidazole rings is 1. The first-order chi connectivity index (χ1) is 16.9. The van der Waals surface area contributed by atoms with Crippen LogP contribution in [-0.4, -0.2) is 50.2 Å². The van der Waals surface area contributed by atoms with E-state index < -0.39 is 17.4 Å². The van der Waals surface area contributed by atoms with E-state index in [9.17, 15) is 14.7 Å². The number of fused-ring (bicyclic) bond motifs is 1. The molecule has 11 heteroatoms. The molecular formula is C24H26N6O5. The number of ether oxygens (including phenoxy) is 2. The SMILES string of the molecule is COc1ccc(/C=N/Nc2nc3c(c(=O)[nH]c(=O)n3C)n2C[C@@H](O)COc2ccccc2C)cc1. The van der Waals surface area contributed by atoms with E-state index in [2.05, 4.69) is 20.5 Å². The van der Waals surface area contributed by atoms with Crippen molar-refractivity contribution in [3.63, 3.8) is 0 Å². The summed E-state index contributed by atoms with van der Waals surface area (Å²) in [5.74, 6) is 1.56. The highest BCUT2D eigenvalue weighted by molar-refractivity contribution is 5.80. The van der Waals surface area contributed by atoms with Gasteiger partial charge in [0, 0.05) is 7.05 Å². The average molecular weight is 479 g/mol. The molecule has 4 aromatic rings. The summed E-state index contributed by atoms with van der Waals surface area (Å²) < 4.78 is 13.6. The Morgan fingerprint density at radius 1 is 1.20 bits per heavy atom. The van der Waals surface area contributed by atoms with Crippen LogP contribution in [0, 0.1) is 6.92 Å². The summed E-state index contributed by atoms with van der Waals surface area (Å²) in [4.78, 5) is 31.3. The standard InChI is InChI=1S/C24H26N6O5/c1-15-6-4-5-7-19(15)35-14-17(31)13-30-20-21(29(2)24(33)27-22(20)32)26-23(30)28-25-12-16-8-10-18(34-3)11-9-16/h4-12,17,31H,13-14H2,1-3H3,(H,26,28)(H,27,32,33)/b25-12+/t17-/m1/s1. The minimum Gasteiger partial charge on any atom is -0.497 e. The molecule has 3 N–H and O–H groups in total. The molecule has 0 unspecified atom stereocenters. The van der Waals surface area contributed by atoms with Crippen molar-refractivity contribution < 1.29 is 14.6 Å². The van der Waals surface area contributed by atoms with Gasteiger partial charge in [0.2, 0.25) is 5.95 Å². The molecule has 11 nitrogen and oxygen atoms in total. The summed E-state index contributed by atoms with van der Waals surface area (Å²) in [7, 11) is 3.09. The van der Waals surface area contributed by atoms with Gasteiger partial charge in [0.15, 0.2) is 11.2 Å². The highest BCUT2D eigenvalue weighted by Gasteiger charge is 2.20. The number of H-pyrrole nitrogens is 1. The van der Waals surface area contributed by atoms with E-state index in [1.54, 1.807) is 25.5 Å². The molecule has 0 spiro atoms. The first kappa shape index (κ1) is 23.8. The Bertz CT molecular complexity index is 1470. The molecular weight excluding hydrogens is 452 g/mol. The van der Waals surface area contributed by atoms with E-state index >= 15 is 0 Å². The number of aliphatic hydroxyl groups is 1. The summed E-state index contributed by atoms with van der Waals surface area (Å²) in [5, 5.41) is 14.9. The predicted octanol–water partition coefficient (Wildman–Crippen LogP) is 1.63. The van der Waals surface area contributed by atoms with Crippen LogP contribution in [-0.2, 0) is 13.6 Å². The third-order valence-corrected chi connectivity index (χ3v) is 5.42. The van der Waals surface area contributed by atoms with Gasteiger partial charge in [0.05, 0.1) is 19.9 Å². The zero-order valence-electron chi connectivity index (χ0n) is 19.6. The van der Waals surface area contributed by atoms with Crippen LogP contribution in [0.15, 0.2) is 63.2 Å². The second-order valence-corrected chi connectivity index (χ2v) is 7.91. The molecule has 0 fully saturated rings. The molecule has 0 bridgehead atoms. The van der Waals surface area contributed by atoms with Gasteiger partial charge in [-0.25, -0.2) is 10.2 Å². The maximum absolute atomic E-state index is 12.6. The fourth-order valence-electron chi connectivity index (χ4n) is 3.52. The monoisotopic (exact) mass is 478 g/mol. The topological polar surface area (TPSA) is 136 Å². The Morgan fingerprint density at radius 3 is 2.66 bits per heavy atom. The lowest BCUT2D eigenvalue weighted by Gasteiger charge is -2.16. The van der Waals surface area contributed by atoms with Crippen molar-refractivity contribution in [2.75, 3.05) is 19.1 Å². The van der Waals surface area contributed by atoms with E-state index in [4.69, 9.17) is 9.47 Å². The van der Waals surface area contributed by atoms with Crippen LogP contribution in [0.1, 0.15) is 11.1 Å². The number of para-hydroxylation sites is 1. The van der Waals surface area contributed by atoms with E-state index in [0.29, 0.717) is 5.75 Å². The zero-order valence-corrected chi connectivity index (χ0v) is 19.6. The van der Waals surface area contributed by atoms with Crippen LogP contribution in [0.4, 0.5) is 5.95 Å². The van der Waals surface area contributed by atoms with Gasteiger partial charge in [-0.1, -0.05) is 18.2 Å². The Balaban J connectivity index is 1.61. The number of anilines is 1. The Kier molecular flexibility index (Phi) is 6.97. The number of aromatic nitrogens is 4. The van der Waals surface area contributed by atoms with Crippen molar-refractivity contribution in [1.29, 1.82) is 0 Å². The number of rotatable bonds is 9. The number of aromatic amines is 1. The first-order valence-electron chi connectivity index (χ1n) is 10.9. The van der Waals surface area contributed by atoms with Gasteiger partial charge in [0.25, 0.3) is 5.56 Å². The zero-order chi connectivity index (χ0) is 24.9. The molecule has 0 saturated carbocycles. The summed E-state index contributed by atoms with van der Waals surface area (Å²) in [6, 6.07) is 14.7. The highest BCUT2D eigenvalue weighted by Crippen LogP contribution is 2.19. The number of hydrazone groups is 1. The normalized spacial score (nSPS) is 12.2. The second kappa shape index (κ2) is 10.3. The smallest absolute Gasteiger partial charge is 0.329 e. The lowest BCUT2D eigenvalue weighted by atomic mass is 10.2. The van der Waals surface area contributed by atoms with Crippen molar-refractivity contribution in [1.82, 2.24) is 19.1 Å². The minimum absolute atomic E-state index is 0.0112. The van der Waals surface area contributed by atoms with Crippen molar-refractivity contribution in [3.05, 3.63) is 80.5 Å². The van der Waals surface area contributed by atoms with Crippen molar-refractivity contribution in [2.45, 2.75) is 19.6 Å². The first-order valence-corrected chi connectivity index (χ1v) is 10.9. The molecule has 4 rings (SSSR count). The maximum Gasteiger partial charge on any atom is 0.329 e. The number of hydrogen-bond donors (Lipinski definition) is 3. The van der Waals surface area contributed by atoms with E-state index in [-0.39, 0.29) is 30.3 Å². The minimum atomic E-state index is -0.977. The van der Waals surface area contributed by atoms with Crippen LogP contribution < -0.4 is 26.1 Å². The van der Waals surface area contributed by atoms with Crippen LogP contribution in [0.2, 0.25) is 0 Å². The number of aryl methyl sites for hydroxylation is 2. The molecule has 0 aliphatic rings. The Morgan fingerprint density at radius 2 is 1.94 bits per heavy atom. The molecule has 0 radical (unpaired) electrons. The van der Waals surface area contributed by atoms with E-state index in [1.807, 2.05) is 43.3 Å². The van der Waals surface area contributed by atoms with Gasteiger partial charge in [0.1, 0.15) is 24.2 Å². The molecule has 1 atom stereocenters. The van der Waals surface area contributed by atoms with Gasteiger partial charge in [-0.2, -0.15) is 10.1 Å². The molecule has 182 valence electrons. The second-order valence-electron chi connectivity index (χ2n) is 7.91. The number of benzene rings is 2. The van der Waals surface area contributed by atoms with Gasteiger partial charge in [-0.15, -0.1) is 0 Å². The van der Waals surface area contributed by atoms with Gasteiger partial charge in [-0.05, 0) is 48.4 Å². The number of hydrogen-bond acceptors (Lipinski definition) is 8. The van der Waals surface area contributed by atoms with Gasteiger partial charge in [-0.3, -0.25) is 14.3 Å². The lowest BCUT2D eigenvalue weighted by molar-refractivity contribution is 0.0935. The van der Waals surface area contributed by atoms with Crippen molar-refractivity contribution in [2.24, 2.45) is 12.1 Å². The Hall–Kier alpha value is -4.38. The third kappa shape index (κ3) is 5.25. The lowest BCUT2D eigenvalue weighted by Crippen LogP contribution is -2.30. The molecule has 35 heavy (non-hydrogen) atoms. The molecule has 2 aromatic carbocycles. The summed E-state index contributed by atoms with van der Waals surface area (Å²) >= 11 is 0. The summed E-state index contributed by atoms with van der Waals surface area (Å²) in [6.45, 7) is 1.88. The Labute approximate surface area is 200 Å². The van der Waals surface area contributed by atoms with Crippen molar-refractivity contribution in [3.8, 4) is 11.5 Å². The average Bonchev–Trinajstić information content (AvgIpc) is 3.21. The molecule has 2 heterocycles. The number of nitrogens with one attached hydrogen (secondary N) is 2. The molecule has 0 aliphatic carbocycles.